The van der Waals surface area contributed by atoms with Crippen LogP contribution < -0.4 is 5.32 Å². The summed E-state index contributed by atoms with van der Waals surface area (Å²) in [4.78, 5) is 12.0. The number of rotatable bonds is 4. The molecule has 0 atom stereocenters. The van der Waals surface area contributed by atoms with Crippen LogP contribution in [-0.4, -0.2) is 5.91 Å². The van der Waals surface area contributed by atoms with Crippen LogP contribution in [0.15, 0.2) is 48.5 Å². The van der Waals surface area contributed by atoms with Crippen LogP contribution in [0.2, 0.25) is 5.02 Å². The maximum Gasteiger partial charge on any atom is 0.224 e. The van der Waals surface area contributed by atoms with E-state index < -0.39 is 0 Å². The Kier molecular flexibility index (Phi) is 5.25. The number of anilines is 1. The van der Waals surface area contributed by atoms with Crippen LogP contribution >= 0.6 is 11.6 Å². The van der Waals surface area contributed by atoms with Gasteiger partial charge in [-0.05, 0) is 41.2 Å². The van der Waals surface area contributed by atoms with E-state index in [1.54, 1.807) is 12.1 Å². The van der Waals surface area contributed by atoms with E-state index in [9.17, 15) is 4.79 Å². The van der Waals surface area contributed by atoms with Gasteiger partial charge in [-0.2, -0.15) is 0 Å². The Bertz CT molecular complexity index is 641. The smallest absolute Gasteiger partial charge is 0.224 e. The van der Waals surface area contributed by atoms with Gasteiger partial charge in [0.05, 0.1) is 0 Å². The second-order valence-electron chi connectivity index (χ2n) is 6.51. The molecule has 0 aromatic heterocycles. The molecule has 1 N–H and O–H groups in total. The topological polar surface area (TPSA) is 29.1 Å². The number of carbonyl (C=O) groups is 1. The van der Waals surface area contributed by atoms with Crippen LogP contribution in [0.3, 0.4) is 0 Å². The van der Waals surface area contributed by atoms with E-state index >= 15 is 0 Å². The van der Waals surface area contributed by atoms with Gasteiger partial charge >= 0.3 is 0 Å². The summed E-state index contributed by atoms with van der Waals surface area (Å²) >= 11 is 5.90. The maximum atomic E-state index is 12.0. The molecule has 0 radical (unpaired) electrons. The third-order valence-corrected chi connectivity index (χ3v) is 3.80. The first-order valence-corrected chi connectivity index (χ1v) is 7.87. The number of amides is 1. The third kappa shape index (κ3) is 4.88. The van der Waals surface area contributed by atoms with Gasteiger partial charge in [-0.15, -0.1) is 0 Å². The van der Waals surface area contributed by atoms with Crippen molar-refractivity contribution in [2.24, 2.45) is 0 Å². The Morgan fingerprint density at radius 2 is 1.77 bits per heavy atom. The summed E-state index contributed by atoms with van der Waals surface area (Å²) < 4.78 is 0. The Morgan fingerprint density at radius 3 is 2.36 bits per heavy atom. The summed E-state index contributed by atoms with van der Waals surface area (Å²) in [5, 5.41) is 3.49. The van der Waals surface area contributed by atoms with Crippen molar-refractivity contribution in [2.75, 3.05) is 5.32 Å². The number of hydrogen-bond acceptors (Lipinski definition) is 1. The zero-order chi connectivity index (χ0) is 16.2. The molecular formula is C19H22ClNO. The average Bonchev–Trinajstić information content (AvgIpc) is 2.45. The van der Waals surface area contributed by atoms with E-state index in [-0.39, 0.29) is 11.3 Å². The molecule has 0 aliphatic heterocycles. The molecule has 0 spiro atoms. The predicted molar refractivity (Wildman–Crippen MR) is 93.5 cm³/mol. The quantitative estimate of drug-likeness (QED) is 0.824. The summed E-state index contributed by atoms with van der Waals surface area (Å²) in [6.45, 7) is 6.58. The van der Waals surface area contributed by atoms with Gasteiger partial charge in [-0.1, -0.05) is 62.7 Å². The third-order valence-electron chi connectivity index (χ3n) is 3.57. The van der Waals surface area contributed by atoms with Crippen LogP contribution in [0, 0.1) is 0 Å². The first-order valence-electron chi connectivity index (χ1n) is 7.49. The summed E-state index contributed by atoms with van der Waals surface area (Å²) in [5.41, 5.74) is 3.37. The van der Waals surface area contributed by atoms with Crippen molar-refractivity contribution in [3.8, 4) is 0 Å². The SMILES string of the molecule is CC(C)(C)c1ccc(CCC(=O)Nc2cccc(Cl)c2)cc1. The van der Waals surface area contributed by atoms with Crippen molar-refractivity contribution in [2.45, 2.75) is 39.0 Å². The van der Waals surface area contributed by atoms with E-state index in [0.29, 0.717) is 11.4 Å². The molecule has 0 aliphatic rings. The molecular weight excluding hydrogens is 294 g/mol. The first-order chi connectivity index (χ1) is 10.3. The van der Waals surface area contributed by atoms with E-state index in [1.807, 2.05) is 12.1 Å². The zero-order valence-corrected chi connectivity index (χ0v) is 14.1. The number of carbonyl (C=O) groups excluding carboxylic acids is 1. The second-order valence-corrected chi connectivity index (χ2v) is 6.94. The van der Waals surface area contributed by atoms with Gasteiger partial charge in [0.25, 0.3) is 0 Å². The molecule has 2 aromatic carbocycles. The number of benzene rings is 2. The molecule has 0 saturated carbocycles. The van der Waals surface area contributed by atoms with Crippen molar-refractivity contribution >= 4 is 23.2 Å². The lowest BCUT2D eigenvalue weighted by Gasteiger charge is -2.19. The molecule has 0 heterocycles. The van der Waals surface area contributed by atoms with Gasteiger partial charge in [-0.25, -0.2) is 0 Å². The van der Waals surface area contributed by atoms with Crippen molar-refractivity contribution in [3.63, 3.8) is 0 Å². The minimum atomic E-state index is 0.00200. The van der Waals surface area contributed by atoms with Crippen molar-refractivity contribution in [1.82, 2.24) is 0 Å². The highest BCUT2D eigenvalue weighted by molar-refractivity contribution is 6.30. The van der Waals surface area contributed by atoms with Crippen molar-refractivity contribution in [3.05, 3.63) is 64.7 Å². The molecule has 0 bridgehead atoms. The lowest BCUT2D eigenvalue weighted by atomic mass is 9.86. The van der Waals surface area contributed by atoms with E-state index in [0.717, 1.165) is 12.1 Å². The van der Waals surface area contributed by atoms with Gasteiger partial charge in [0.15, 0.2) is 0 Å². The summed E-state index contributed by atoms with van der Waals surface area (Å²) in [6, 6.07) is 15.7. The van der Waals surface area contributed by atoms with Crippen LogP contribution in [0.5, 0.6) is 0 Å². The van der Waals surface area contributed by atoms with Gasteiger partial charge in [0.1, 0.15) is 0 Å². The van der Waals surface area contributed by atoms with E-state index in [1.165, 1.54) is 11.1 Å². The number of aryl methyl sites for hydroxylation is 1. The number of halogens is 1. The van der Waals surface area contributed by atoms with Crippen LogP contribution in [0.25, 0.3) is 0 Å². The molecule has 0 saturated heterocycles. The average molecular weight is 316 g/mol. The van der Waals surface area contributed by atoms with E-state index in [2.05, 4.69) is 50.4 Å². The lowest BCUT2D eigenvalue weighted by molar-refractivity contribution is -0.116. The Labute approximate surface area is 137 Å². The Balaban J connectivity index is 1.88. The van der Waals surface area contributed by atoms with Crippen molar-refractivity contribution in [1.29, 1.82) is 0 Å². The molecule has 2 rings (SSSR count). The molecule has 116 valence electrons. The second kappa shape index (κ2) is 6.97. The van der Waals surface area contributed by atoms with Crippen LogP contribution in [0.1, 0.15) is 38.3 Å². The summed E-state index contributed by atoms with van der Waals surface area (Å²) in [6.07, 6.45) is 1.19. The normalized spacial score (nSPS) is 11.3. The zero-order valence-electron chi connectivity index (χ0n) is 13.3. The van der Waals surface area contributed by atoms with Gasteiger partial charge in [-0.3, -0.25) is 4.79 Å². The van der Waals surface area contributed by atoms with E-state index in [4.69, 9.17) is 11.6 Å². The number of nitrogens with one attached hydrogen (secondary N) is 1. The minimum absolute atomic E-state index is 0.00200. The van der Waals surface area contributed by atoms with Gasteiger partial charge in [0.2, 0.25) is 5.91 Å². The van der Waals surface area contributed by atoms with Gasteiger partial charge < -0.3 is 5.32 Å². The fourth-order valence-corrected chi connectivity index (χ4v) is 2.41. The molecule has 2 nitrogen and oxygen atoms in total. The molecule has 1 amide bonds. The molecule has 3 heteroatoms. The molecule has 22 heavy (non-hydrogen) atoms. The Morgan fingerprint density at radius 1 is 1.09 bits per heavy atom. The highest BCUT2D eigenvalue weighted by atomic mass is 35.5. The summed E-state index contributed by atoms with van der Waals surface area (Å²) in [5.74, 6) is 0.00200. The first kappa shape index (κ1) is 16.6. The maximum absolute atomic E-state index is 12.0. The molecule has 0 fully saturated rings. The highest BCUT2D eigenvalue weighted by Gasteiger charge is 2.13. The van der Waals surface area contributed by atoms with Gasteiger partial charge in [0, 0.05) is 17.1 Å². The summed E-state index contributed by atoms with van der Waals surface area (Å²) in [7, 11) is 0. The monoisotopic (exact) mass is 315 g/mol. The fraction of sp³-hybridized carbons (Fsp3) is 0.316. The standard InChI is InChI=1S/C19H22ClNO/c1-19(2,3)15-10-7-14(8-11-15)9-12-18(22)21-17-6-4-5-16(20)13-17/h4-8,10-11,13H,9,12H2,1-3H3,(H,21,22). The van der Waals surface area contributed by atoms with Crippen molar-refractivity contribution < 1.29 is 4.79 Å². The Hall–Kier alpha value is -1.80. The molecule has 2 aromatic rings. The minimum Gasteiger partial charge on any atom is -0.326 e. The van der Waals surface area contributed by atoms with Crippen LogP contribution in [-0.2, 0) is 16.6 Å². The number of hydrogen-bond donors (Lipinski definition) is 1. The van der Waals surface area contributed by atoms with Crippen LogP contribution in [0.4, 0.5) is 5.69 Å². The predicted octanol–water partition coefficient (Wildman–Crippen LogP) is 5.21. The molecule has 0 aliphatic carbocycles. The fourth-order valence-electron chi connectivity index (χ4n) is 2.22. The highest BCUT2D eigenvalue weighted by Crippen LogP contribution is 2.22. The lowest BCUT2D eigenvalue weighted by Crippen LogP contribution is -2.13. The molecule has 0 unspecified atom stereocenters. The largest absolute Gasteiger partial charge is 0.326 e.